The number of benzene rings is 2. The van der Waals surface area contributed by atoms with Gasteiger partial charge in [0.15, 0.2) is 11.5 Å². The van der Waals surface area contributed by atoms with Gasteiger partial charge in [0.05, 0.1) is 6.04 Å². The highest BCUT2D eigenvalue weighted by Gasteiger charge is 2.28. The Bertz CT molecular complexity index is 671. The molecule has 0 bridgehead atoms. The van der Waals surface area contributed by atoms with Gasteiger partial charge in [-0.1, -0.05) is 24.3 Å². The maximum absolute atomic E-state index is 6.37. The van der Waals surface area contributed by atoms with Gasteiger partial charge in [-0.25, -0.2) is 0 Å². The monoisotopic (exact) mass is 283 g/mol. The van der Waals surface area contributed by atoms with E-state index in [0.717, 1.165) is 30.1 Å². The van der Waals surface area contributed by atoms with E-state index in [1.54, 1.807) is 0 Å². The van der Waals surface area contributed by atoms with Crippen LogP contribution in [0.25, 0.3) is 0 Å². The molecule has 0 fully saturated rings. The number of aryl methyl sites for hydroxylation is 1. The molecule has 0 saturated carbocycles. The summed E-state index contributed by atoms with van der Waals surface area (Å²) in [6.07, 6.45) is 1.91. The van der Waals surface area contributed by atoms with Crippen LogP contribution in [-0.4, -0.2) is 12.9 Å². The lowest BCUT2D eigenvalue weighted by Gasteiger charge is -2.31. The third-order valence-corrected chi connectivity index (χ3v) is 4.14. The molecule has 1 heterocycles. The molecule has 2 aliphatic rings. The van der Waals surface area contributed by atoms with Crippen LogP contribution in [0.5, 0.6) is 17.2 Å². The van der Waals surface area contributed by atoms with Gasteiger partial charge in [0, 0.05) is 6.07 Å². The van der Waals surface area contributed by atoms with Crippen LogP contribution >= 0.6 is 0 Å². The summed E-state index contributed by atoms with van der Waals surface area (Å²) >= 11 is 0. The van der Waals surface area contributed by atoms with Gasteiger partial charge in [-0.15, -0.1) is 0 Å². The second-order valence-corrected chi connectivity index (χ2v) is 5.43. The zero-order valence-corrected chi connectivity index (χ0v) is 11.6. The molecule has 2 N–H and O–H groups in total. The van der Waals surface area contributed by atoms with Gasteiger partial charge in [0.2, 0.25) is 6.79 Å². The molecular weight excluding hydrogens is 266 g/mol. The first-order valence-electron chi connectivity index (χ1n) is 7.21. The Morgan fingerprint density at radius 3 is 2.86 bits per heavy atom. The first-order valence-corrected chi connectivity index (χ1v) is 7.21. The molecule has 0 radical (unpaired) electrons. The fraction of sp³-hybridized carbons (Fsp3) is 0.294. The summed E-state index contributed by atoms with van der Waals surface area (Å²) in [7, 11) is 0. The largest absolute Gasteiger partial charge is 0.488 e. The molecular formula is C17H17NO3. The maximum Gasteiger partial charge on any atom is 0.231 e. The van der Waals surface area contributed by atoms with Crippen LogP contribution in [0.2, 0.25) is 0 Å². The summed E-state index contributed by atoms with van der Waals surface area (Å²) in [4.78, 5) is 0. The van der Waals surface area contributed by atoms with Gasteiger partial charge in [0.25, 0.3) is 0 Å². The van der Waals surface area contributed by atoms with Crippen molar-refractivity contribution < 1.29 is 14.2 Å². The minimum atomic E-state index is -0.0969. The van der Waals surface area contributed by atoms with E-state index in [1.807, 2.05) is 24.3 Å². The Hall–Kier alpha value is -2.20. The van der Waals surface area contributed by atoms with Crippen molar-refractivity contribution in [1.82, 2.24) is 0 Å². The molecule has 2 aromatic carbocycles. The van der Waals surface area contributed by atoms with Crippen LogP contribution in [0.4, 0.5) is 0 Å². The van der Waals surface area contributed by atoms with E-state index in [1.165, 1.54) is 11.1 Å². The number of hydrogen-bond acceptors (Lipinski definition) is 4. The fourth-order valence-corrected chi connectivity index (χ4v) is 3.02. The topological polar surface area (TPSA) is 53.7 Å². The number of fused-ring (bicyclic) bond motifs is 2. The Balaban J connectivity index is 1.56. The second-order valence-electron chi connectivity index (χ2n) is 5.43. The van der Waals surface area contributed by atoms with Crippen molar-refractivity contribution in [1.29, 1.82) is 0 Å². The zero-order chi connectivity index (χ0) is 14.2. The van der Waals surface area contributed by atoms with E-state index in [2.05, 4.69) is 18.2 Å². The van der Waals surface area contributed by atoms with Crippen LogP contribution < -0.4 is 19.9 Å². The van der Waals surface area contributed by atoms with Crippen molar-refractivity contribution >= 4 is 0 Å². The molecule has 0 aromatic heterocycles. The number of ether oxygens (including phenoxy) is 3. The molecule has 4 nitrogen and oxygen atoms in total. The molecule has 2 unspecified atom stereocenters. The summed E-state index contributed by atoms with van der Waals surface area (Å²) in [5.41, 5.74) is 8.89. The number of nitrogens with two attached hydrogens (primary N) is 1. The number of rotatable bonds is 2. The van der Waals surface area contributed by atoms with E-state index in [4.69, 9.17) is 19.9 Å². The van der Waals surface area contributed by atoms with Crippen LogP contribution in [0.3, 0.4) is 0 Å². The predicted octanol–water partition coefficient (Wildman–Crippen LogP) is 2.81. The average molecular weight is 283 g/mol. The lowest BCUT2D eigenvalue weighted by molar-refractivity contribution is 0.152. The van der Waals surface area contributed by atoms with Crippen molar-refractivity contribution in [3.05, 3.63) is 53.6 Å². The van der Waals surface area contributed by atoms with Crippen LogP contribution in [0.15, 0.2) is 42.5 Å². The molecule has 2 aromatic rings. The van der Waals surface area contributed by atoms with Crippen molar-refractivity contribution in [2.24, 2.45) is 5.73 Å². The molecule has 1 aliphatic heterocycles. The highest BCUT2D eigenvalue weighted by Crippen LogP contribution is 2.37. The Labute approximate surface area is 123 Å². The van der Waals surface area contributed by atoms with E-state index < -0.39 is 0 Å². The SMILES string of the molecule is NC1c2ccccc2CCC1Oc1ccc2c(c1)OCO2. The number of hydrogen-bond donors (Lipinski definition) is 1. The zero-order valence-electron chi connectivity index (χ0n) is 11.6. The van der Waals surface area contributed by atoms with E-state index in [-0.39, 0.29) is 18.9 Å². The van der Waals surface area contributed by atoms with Gasteiger partial charge in [-0.2, -0.15) is 0 Å². The molecule has 21 heavy (non-hydrogen) atoms. The highest BCUT2D eigenvalue weighted by atomic mass is 16.7. The smallest absolute Gasteiger partial charge is 0.231 e. The first kappa shape index (κ1) is 12.5. The third kappa shape index (κ3) is 2.21. The summed E-state index contributed by atoms with van der Waals surface area (Å²) in [6.45, 7) is 0.273. The molecule has 0 amide bonds. The Morgan fingerprint density at radius 2 is 1.90 bits per heavy atom. The van der Waals surface area contributed by atoms with E-state index in [0.29, 0.717) is 0 Å². The summed E-state index contributed by atoms with van der Waals surface area (Å²) in [5, 5.41) is 0. The Morgan fingerprint density at radius 1 is 1.05 bits per heavy atom. The van der Waals surface area contributed by atoms with Crippen molar-refractivity contribution in [2.45, 2.75) is 25.0 Å². The fourth-order valence-electron chi connectivity index (χ4n) is 3.02. The molecule has 1 aliphatic carbocycles. The van der Waals surface area contributed by atoms with Gasteiger partial charge in [-0.3, -0.25) is 0 Å². The standard InChI is InChI=1S/C17H17NO3/c18-17-13-4-2-1-3-11(13)5-7-15(17)21-12-6-8-14-16(9-12)20-10-19-14/h1-4,6,8-9,15,17H,5,7,10,18H2. The first-order chi connectivity index (χ1) is 10.3. The maximum atomic E-state index is 6.37. The molecule has 0 saturated heterocycles. The van der Waals surface area contributed by atoms with Gasteiger partial charge < -0.3 is 19.9 Å². The third-order valence-electron chi connectivity index (χ3n) is 4.14. The molecule has 108 valence electrons. The lowest BCUT2D eigenvalue weighted by atomic mass is 9.86. The minimum absolute atomic E-state index is 0.0136. The quantitative estimate of drug-likeness (QED) is 0.920. The lowest BCUT2D eigenvalue weighted by Crippen LogP contribution is -2.35. The van der Waals surface area contributed by atoms with Crippen LogP contribution in [0, 0.1) is 0 Å². The van der Waals surface area contributed by atoms with Crippen LogP contribution in [0.1, 0.15) is 23.6 Å². The molecule has 4 rings (SSSR count). The van der Waals surface area contributed by atoms with Crippen molar-refractivity contribution in [3.8, 4) is 17.2 Å². The summed E-state index contributed by atoms with van der Waals surface area (Å²) < 4.78 is 16.8. The molecule has 2 atom stereocenters. The van der Waals surface area contributed by atoms with E-state index in [9.17, 15) is 0 Å². The average Bonchev–Trinajstić information content (AvgIpc) is 2.98. The van der Waals surface area contributed by atoms with Crippen molar-refractivity contribution in [2.75, 3.05) is 6.79 Å². The van der Waals surface area contributed by atoms with Gasteiger partial charge >= 0.3 is 0 Å². The van der Waals surface area contributed by atoms with Gasteiger partial charge in [-0.05, 0) is 36.1 Å². The molecule has 0 spiro atoms. The van der Waals surface area contributed by atoms with Gasteiger partial charge in [0.1, 0.15) is 11.9 Å². The molecule has 4 heteroatoms. The predicted molar refractivity (Wildman–Crippen MR) is 78.7 cm³/mol. The normalized spacial score (nSPS) is 22.7. The summed E-state index contributed by atoms with van der Waals surface area (Å²) in [5.74, 6) is 2.28. The van der Waals surface area contributed by atoms with Crippen molar-refractivity contribution in [3.63, 3.8) is 0 Å². The summed E-state index contributed by atoms with van der Waals surface area (Å²) in [6, 6.07) is 13.9. The highest BCUT2D eigenvalue weighted by molar-refractivity contribution is 5.47. The van der Waals surface area contributed by atoms with E-state index >= 15 is 0 Å². The minimum Gasteiger partial charge on any atom is -0.488 e. The Kier molecular flexibility index (Phi) is 2.97. The second kappa shape index (κ2) is 4.97. The van der Waals surface area contributed by atoms with Crippen LogP contribution in [-0.2, 0) is 6.42 Å².